The summed E-state index contributed by atoms with van der Waals surface area (Å²) in [6.07, 6.45) is 0.364. The van der Waals surface area contributed by atoms with Gasteiger partial charge in [-0.15, -0.1) is 0 Å². The van der Waals surface area contributed by atoms with Crippen molar-refractivity contribution < 1.29 is 22.0 Å². The molecule has 1 aromatic heterocycles. The molecule has 0 unspecified atom stereocenters. The van der Waals surface area contributed by atoms with Gasteiger partial charge in [0.25, 0.3) is 0 Å². The maximum atomic E-state index is 14.4. The van der Waals surface area contributed by atoms with Crippen LogP contribution in [0.15, 0.2) is 82.1 Å². The number of nitrogens with two attached hydrogens (primary N) is 1. The third kappa shape index (κ3) is 4.21. The molecular weight excluding hydrogens is 419 g/mol. The lowest BCUT2D eigenvalue weighted by Crippen LogP contribution is -2.13. The molecule has 0 atom stereocenters. The second kappa shape index (κ2) is 8.33. The van der Waals surface area contributed by atoms with Gasteiger partial charge in [0.15, 0.2) is 23.2 Å². The zero-order valence-corrected chi connectivity index (χ0v) is 17.4. The monoisotopic (exact) mass is 438 g/mol. The number of rotatable bonds is 6. The van der Waals surface area contributed by atoms with Crippen LogP contribution in [0, 0.1) is 5.82 Å². The second-order valence-corrected chi connectivity index (χ2v) is 8.34. The Morgan fingerprint density at radius 3 is 2.35 bits per heavy atom. The Morgan fingerprint density at radius 2 is 1.65 bits per heavy atom. The van der Waals surface area contributed by atoms with E-state index in [9.17, 15) is 12.8 Å². The number of oxazole rings is 1. The maximum absolute atomic E-state index is 14.4. The predicted octanol–water partition coefficient (Wildman–Crippen LogP) is 4.39. The standard InChI is InChI=1S/C23H19FN2O4S/c1-29-22-17(11-7-12-18(22)24)21-23(16-10-5-6-13-19(16)31(25,27)28)30-20(26-21)14-15-8-3-2-4-9-15/h2-13H,14H2,1H3,(H2,25,27,28). The fraction of sp³-hybridized carbons (Fsp3) is 0.0870. The molecule has 0 spiro atoms. The van der Waals surface area contributed by atoms with Crippen molar-refractivity contribution in [2.24, 2.45) is 5.14 Å². The lowest BCUT2D eigenvalue weighted by molar-refractivity contribution is 0.388. The van der Waals surface area contributed by atoms with Crippen LogP contribution in [-0.2, 0) is 16.4 Å². The van der Waals surface area contributed by atoms with E-state index in [2.05, 4.69) is 4.98 Å². The second-order valence-electron chi connectivity index (χ2n) is 6.81. The van der Waals surface area contributed by atoms with Crippen LogP contribution in [-0.4, -0.2) is 20.5 Å². The van der Waals surface area contributed by atoms with E-state index < -0.39 is 15.8 Å². The molecule has 158 valence electrons. The first-order valence-corrected chi connectivity index (χ1v) is 10.9. The highest BCUT2D eigenvalue weighted by Crippen LogP contribution is 2.40. The molecule has 0 amide bonds. The molecule has 0 aliphatic carbocycles. The van der Waals surface area contributed by atoms with Crippen molar-refractivity contribution in [1.82, 2.24) is 4.98 Å². The Hall–Kier alpha value is -3.49. The van der Waals surface area contributed by atoms with E-state index in [0.717, 1.165) is 5.56 Å². The van der Waals surface area contributed by atoms with Gasteiger partial charge in [-0.3, -0.25) is 0 Å². The van der Waals surface area contributed by atoms with Crippen LogP contribution in [0.25, 0.3) is 22.6 Å². The van der Waals surface area contributed by atoms with E-state index in [1.54, 1.807) is 24.3 Å². The van der Waals surface area contributed by atoms with Gasteiger partial charge in [0.2, 0.25) is 10.0 Å². The largest absolute Gasteiger partial charge is 0.493 e. The molecule has 1 heterocycles. The number of sulfonamides is 1. The fourth-order valence-electron chi connectivity index (χ4n) is 3.38. The summed E-state index contributed by atoms with van der Waals surface area (Å²) in [5, 5.41) is 5.42. The van der Waals surface area contributed by atoms with Crippen molar-refractivity contribution in [3.8, 4) is 28.3 Å². The molecule has 0 radical (unpaired) electrons. The van der Waals surface area contributed by atoms with Crippen LogP contribution in [0.2, 0.25) is 0 Å². The molecule has 4 aromatic rings. The van der Waals surface area contributed by atoms with Crippen molar-refractivity contribution in [3.05, 3.63) is 90.1 Å². The number of para-hydroxylation sites is 1. The molecule has 0 saturated heterocycles. The summed E-state index contributed by atoms with van der Waals surface area (Å²) in [6.45, 7) is 0. The third-order valence-electron chi connectivity index (χ3n) is 4.73. The lowest BCUT2D eigenvalue weighted by atomic mass is 10.0. The number of halogens is 1. The fourth-order valence-corrected chi connectivity index (χ4v) is 4.12. The SMILES string of the molecule is COc1c(F)cccc1-c1nc(Cc2ccccc2)oc1-c1ccccc1S(N)(=O)=O. The molecule has 8 heteroatoms. The summed E-state index contributed by atoms with van der Waals surface area (Å²) in [7, 11) is -2.70. The highest BCUT2D eigenvalue weighted by atomic mass is 32.2. The van der Waals surface area contributed by atoms with Gasteiger partial charge in [-0.25, -0.2) is 22.9 Å². The Bertz CT molecular complexity index is 1330. The number of benzene rings is 3. The van der Waals surface area contributed by atoms with E-state index in [1.807, 2.05) is 30.3 Å². The molecule has 0 aliphatic rings. The zero-order chi connectivity index (χ0) is 22.0. The lowest BCUT2D eigenvalue weighted by Gasteiger charge is -2.10. The first kappa shape index (κ1) is 20.8. The number of primary sulfonamides is 1. The van der Waals surface area contributed by atoms with Crippen LogP contribution in [0.4, 0.5) is 4.39 Å². The highest BCUT2D eigenvalue weighted by molar-refractivity contribution is 7.89. The summed E-state index contributed by atoms with van der Waals surface area (Å²) in [4.78, 5) is 4.46. The molecule has 0 aliphatic heterocycles. The van der Waals surface area contributed by atoms with Crippen molar-refractivity contribution >= 4 is 10.0 Å². The predicted molar refractivity (Wildman–Crippen MR) is 115 cm³/mol. The molecule has 0 bridgehead atoms. The third-order valence-corrected chi connectivity index (χ3v) is 5.70. The van der Waals surface area contributed by atoms with E-state index in [0.29, 0.717) is 17.9 Å². The molecule has 0 saturated carbocycles. The highest BCUT2D eigenvalue weighted by Gasteiger charge is 2.25. The van der Waals surface area contributed by atoms with E-state index in [4.69, 9.17) is 14.3 Å². The number of ether oxygens (including phenoxy) is 1. The summed E-state index contributed by atoms with van der Waals surface area (Å²) in [6, 6.07) is 20.1. The first-order valence-electron chi connectivity index (χ1n) is 9.37. The van der Waals surface area contributed by atoms with Gasteiger partial charge in [0, 0.05) is 17.5 Å². The van der Waals surface area contributed by atoms with Crippen LogP contribution in [0.1, 0.15) is 11.5 Å². The molecule has 3 aromatic carbocycles. The Balaban J connectivity index is 1.96. The van der Waals surface area contributed by atoms with E-state index in [1.165, 1.54) is 25.3 Å². The Kier molecular flexibility index (Phi) is 5.58. The smallest absolute Gasteiger partial charge is 0.238 e. The van der Waals surface area contributed by atoms with Crippen LogP contribution in [0.5, 0.6) is 5.75 Å². The first-order chi connectivity index (χ1) is 14.9. The van der Waals surface area contributed by atoms with E-state index >= 15 is 0 Å². The van der Waals surface area contributed by atoms with Crippen LogP contribution in [0.3, 0.4) is 0 Å². The topological polar surface area (TPSA) is 95.4 Å². The normalized spacial score (nSPS) is 11.5. The summed E-state index contributed by atoms with van der Waals surface area (Å²) < 4.78 is 50.0. The quantitative estimate of drug-likeness (QED) is 0.482. The number of aromatic nitrogens is 1. The Morgan fingerprint density at radius 1 is 0.968 bits per heavy atom. The van der Waals surface area contributed by atoms with Gasteiger partial charge >= 0.3 is 0 Å². The molecule has 4 rings (SSSR count). The zero-order valence-electron chi connectivity index (χ0n) is 16.6. The molecule has 0 fully saturated rings. The molecular formula is C23H19FN2O4S. The van der Waals surface area contributed by atoms with Gasteiger partial charge in [-0.2, -0.15) is 0 Å². The van der Waals surface area contributed by atoms with Crippen molar-refractivity contribution in [2.75, 3.05) is 7.11 Å². The van der Waals surface area contributed by atoms with Gasteiger partial charge in [-0.05, 0) is 29.8 Å². The Labute approximate surface area is 179 Å². The number of hydrogen-bond acceptors (Lipinski definition) is 5. The summed E-state index contributed by atoms with van der Waals surface area (Å²) in [5.74, 6) is -0.0825. The molecule has 31 heavy (non-hydrogen) atoms. The van der Waals surface area contributed by atoms with Crippen molar-refractivity contribution in [2.45, 2.75) is 11.3 Å². The van der Waals surface area contributed by atoms with Crippen molar-refractivity contribution in [1.29, 1.82) is 0 Å². The minimum absolute atomic E-state index is 0.0172. The minimum atomic E-state index is -4.05. The van der Waals surface area contributed by atoms with Crippen molar-refractivity contribution in [3.63, 3.8) is 0 Å². The summed E-state index contributed by atoms with van der Waals surface area (Å²) >= 11 is 0. The average Bonchev–Trinajstić information content (AvgIpc) is 3.17. The number of nitrogens with zero attached hydrogens (tertiary/aromatic N) is 1. The molecule has 2 N–H and O–H groups in total. The number of hydrogen-bond donors (Lipinski definition) is 1. The van der Waals surface area contributed by atoms with Crippen LogP contribution >= 0.6 is 0 Å². The molecule has 6 nitrogen and oxygen atoms in total. The van der Waals surface area contributed by atoms with Gasteiger partial charge in [-0.1, -0.05) is 48.5 Å². The number of methoxy groups -OCH3 is 1. The van der Waals surface area contributed by atoms with Gasteiger partial charge in [0.05, 0.1) is 12.0 Å². The van der Waals surface area contributed by atoms with Crippen LogP contribution < -0.4 is 9.88 Å². The average molecular weight is 438 g/mol. The van der Waals surface area contributed by atoms with E-state index in [-0.39, 0.29) is 27.7 Å². The maximum Gasteiger partial charge on any atom is 0.238 e. The van der Waals surface area contributed by atoms with Gasteiger partial charge < -0.3 is 9.15 Å². The minimum Gasteiger partial charge on any atom is -0.493 e. The van der Waals surface area contributed by atoms with Gasteiger partial charge in [0.1, 0.15) is 5.69 Å². The summed E-state index contributed by atoms with van der Waals surface area (Å²) in [5.41, 5.74) is 1.79.